The molecule has 2 rings (SSSR count). The minimum atomic E-state index is -0.666. The van der Waals surface area contributed by atoms with Crippen molar-refractivity contribution in [3.8, 4) is 6.07 Å². The van der Waals surface area contributed by atoms with Gasteiger partial charge in [0.15, 0.2) is 0 Å². The van der Waals surface area contributed by atoms with E-state index in [2.05, 4.69) is 0 Å². The lowest BCUT2D eigenvalue weighted by Crippen LogP contribution is -2.23. The van der Waals surface area contributed by atoms with Crippen molar-refractivity contribution >= 4 is 28.9 Å². The fraction of sp³-hybridized carbons (Fsp3) is 0.0769. The number of halogens is 2. The molecule has 0 atom stereocenters. The zero-order valence-corrected chi connectivity index (χ0v) is 11.9. The third-order valence-corrected chi connectivity index (χ3v) is 3.35. The summed E-state index contributed by atoms with van der Waals surface area (Å²) in [5, 5.41) is 20.5. The van der Waals surface area contributed by atoms with Gasteiger partial charge in [0.2, 0.25) is 0 Å². The molecule has 0 radical (unpaired) electrons. The number of hydrogen-bond acceptors (Lipinski definition) is 4. The van der Waals surface area contributed by atoms with Crippen molar-refractivity contribution < 1.29 is 4.92 Å². The molecular formula is C13H7Cl2N3O3. The molecule has 2 aromatic rings. The van der Waals surface area contributed by atoms with E-state index >= 15 is 0 Å². The molecule has 21 heavy (non-hydrogen) atoms. The summed E-state index contributed by atoms with van der Waals surface area (Å²) in [5.41, 5.74) is -0.688. The van der Waals surface area contributed by atoms with E-state index in [-0.39, 0.29) is 17.8 Å². The molecule has 0 saturated carbocycles. The second-order valence-corrected chi connectivity index (χ2v) is 4.99. The van der Waals surface area contributed by atoms with Gasteiger partial charge in [0.25, 0.3) is 11.2 Å². The molecule has 0 unspecified atom stereocenters. The van der Waals surface area contributed by atoms with Gasteiger partial charge in [0, 0.05) is 16.1 Å². The molecule has 0 spiro atoms. The first-order valence-electron chi connectivity index (χ1n) is 5.65. The number of benzene rings is 1. The summed E-state index contributed by atoms with van der Waals surface area (Å²) in [6.45, 7) is 0.00515. The van der Waals surface area contributed by atoms with Gasteiger partial charge in [-0.25, -0.2) is 0 Å². The van der Waals surface area contributed by atoms with Crippen LogP contribution in [0.1, 0.15) is 11.1 Å². The van der Waals surface area contributed by atoms with E-state index in [4.69, 9.17) is 28.5 Å². The fourth-order valence-electron chi connectivity index (χ4n) is 1.75. The van der Waals surface area contributed by atoms with Crippen molar-refractivity contribution in [2.45, 2.75) is 6.54 Å². The van der Waals surface area contributed by atoms with Crippen molar-refractivity contribution in [2.75, 3.05) is 0 Å². The Morgan fingerprint density at radius 1 is 1.33 bits per heavy atom. The molecule has 0 amide bonds. The lowest BCUT2D eigenvalue weighted by atomic mass is 10.2. The highest BCUT2D eigenvalue weighted by Crippen LogP contribution is 2.22. The largest absolute Gasteiger partial charge is 0.303 e. The summed E-state index contributed by atoms with van der Waals surface area (Å²) in [4.78, 5) is 22.2. The normalized spacial score (nSPS) is 10.1. The third kappa shape index (κ3) is 3.21. The molecule has 0 aliphatic carbocycles. The molecule has 1 aromatic heterocycles. The Morgan fingerprint density at radius 3 is 2.62 bits per heavy atom. The fourth-order valence-corrected chi connectivity index (χ4v) is 2.22. The van der Waals surface area contributed by atoms with Gasteiger partial charge >= 0.3 is 0 Å². The number of nitriles is 1. The lowest BCUT2D eigenvalue weighted by Gasteiger charge is -2.08. The summed E-state index contributed by atoms with van der Waals surface area (Å²) in [7, 11) is 0. The second-order valence-electron chi connectivity index (χ2n) is 4.15. The molecule has 1 aromatic carbocycles. The number of pyridine rings is 1. The third-order valence-electron chi connectivity index (χ3n) is 2.76. The molecule has 0 fully saturated rings. The highest BCUT2D eigenvalue weighted by molar-refractivity contribution is 6.35. The Kier molecular flexibility index (Phi) is 4.26. The van der Waals surface area contributed by atoms with Crippen molar-refractivity contribution in [2.24, 2.45) is 0 Å². The Balaban J connectivity index is 2.53. The van der Waals surface area contributed by atoms with Gasteiger partial charge in [-0.05, 0) is 17.7 Å². The van der Waals surface area contributed by atoms with Crippen LogP contribution in [0.2, 0.25) is 10.0 Å². The van der Waals surface area contributed by atoms with Crippen LogP contribution in [0.15, 0.2) is 35.3 Å². The number of nitrogens with zero attached hydrogens (tertiary/aromatic N) is 3. The molecule has 0 aliphatic heterocycles. The van der Waals surface area contributed by atoms with E-state index in [1.165, 1.54) is 6.07 Å². The molecule has 0 aliphatic rings. The first-order chi connectivity index (χ1) is 9.92. The number of hydrogen-bond donors (Lipinski definition) is 0. The van der Waals surface area contributed by atoms with Crippen LogP contribution in [0, 0.1) is 21.4 Å². The van der Waals surface area contributed by atoms with Crippen molar-refractivity contribution in [1.29, 1.82) is 5.26 Å². The van der Waals surface area contributed by atoms with E-state index in [1.54, 1.807) is 18.2 Å². The molecular weight excluding hydrogens is 317 g/mol. The Labute approximate surface area is 128 Å². The van der Waals surface area contributed by atoms with E-state index < -0.39 is 10.5 Å². The standard InChI is InChI=1S/C13H7Cl2N3O3/c14-10-2-1-8(12(15)4-10)6-17-7-11(18(20)21)3-9(5-16)13(17)19/h1-4,7H,6H2. The first-order valence-corrected chi connectivity index (χ1v) is 6.41. The summed E-state index contributed by atoms with van der Waals surface area (Å²) >= 11 is 11.8. The number of rotatable bonds is 3. The van der Waals surface area contributed by atoms with E-state index in [1.807, 2.05) is 0 Å². The van der Waals surface area contributed by atoms with Crippen LogP contribution in [0.25, 0.3) is 0 Å². The van der Waals surface area contributed by atoms with Gasteiger partial charge < -0.3 is 4.57 Å². The van der Waals surface area contributed by atoms with Crippen LogP contribution >= 0.6 is 23.2 Å². The predicted molar refractivity (Wildman–Crippen MR) is 77.6 cm³/mol. The van der Waals surface area contributed by atoms with Crippen molar-refractivity contribution in [3.63, 3.8) is 0 Å². The quantitative estimate of drug-likeness (QED) is 0.641. The van der Waals surface area contributed by atoms with Crippen LogP contribution in [0.4, 0.5) is 5.69 Å². The summed E-state index contributed by atoms with van der Waals surface area (Å²) < 4.78 is 1.08. The Morgan fingerprint density at radius 2 is 2.05 bits per heavy atom. The maximum Gasteiger partial charge on any atom is 0.287 e. The zero-order valence-electron chi connectivity index (χ0n) is 10.4. The summed E-state index contributed by atoms with van der Waals surface area (Å²) in [5.74, 6) is 0. The van der Waals surface area contributed by atoms with Gasteiger partial charge in [0.05, 0.1) is 17.7 Å². The smallest absolute Gasteiger partial charge is 0.287 e. The van der Waals surface area contributed by atoms with Crippen molar-refractivity contribution in [1.82, 2.24) is 4.57 Å². The van der Waals surface area contributed by atoms with Gasteiger partial charge in [-0.15, -0.1) is 0 Å². The molecule has 0 N–H and O–H groups in total. The predicted octanol–water partition coefficient (Wildman–Crippen LogP) is 2.98. The van der Waals surface area contributed by atoms with Gasteiger partial charge in [-0.3, -0.25) is 14.9 Å². The first kappa shape index (κ1) is 15.0. The minimum absolute atomic E-state index is 0.00515. The average molecular weight is 324 g/mol. The molecule has 0 saturated heterocycles. The molecule has 1 heterocycles. The Hall–Kier alpha value is -2.36. The van der Waals surface area contributed by atoms with Crippen LogP contribution < -0.4 is 5.56 Å². The maximum atomic E-state index is 12.0. The summed E-state index contributed by atoms with van der Waals surface area (Å²) in [6.07, 6.45) is 1.08. The molecule has 6 nitrogen and oxygen atoms in total. The zero-order chi connectivity index (χ0) is 15.6. The highest BCUT2D eigenvalue weighted by atomic mass is 35.5. The van der Waals surface area contributed by atoms with Crippen LogP contribution in [0.5, 0.6) is 0 Å². The highest BCUT2D eigenvalue weighted by Gasteiger charge is 2.14. The Bertz CT molecular complexity index is 824. The minimum Gasteiger partial charge on any atom is -0.303 e. The monoisotopic (exact) mass is 323 g/mol. The van der Waals surface area contributed by atoms with Crippen LogP contribution in [0.3, 0.4) is 0 Å². The van der Waals surface area contributed by atoms with Crippen molar-refractivity contribution in [3.05, 3.63) is 72.1 Å². The van der Waals surface area contributed by atoms with Crippen LogP contribution in [-0.4, -0.2) is 9.49 Å². The SMILES string of the molecule is N#Cc1cc([N+](=O)[O-])cn(Cc2ccc(Cl)cc2Cl)c1=O. The van der Waals surface area contributed by atoms with E-state index in [0.29, 0.717) is 15.6 Å². The maximum absolute atomic E-state index is 12.0. The van der Waals surface area contributed by atoms with Gasteiger partial charge in [-0.1, -0.05) is 29.3 Å². The lowest BCUT2D eigenvalue weighted by molar-refractivity contribution is -0.385. The topological polar surface area (TPSA) is 88.9 Å². The van der Waals surface area contributed by atoms with Crippen LogP contribution in [-0.2, 0) is 6.54 Å². The average Bonchev–Trinajstić information content (AvgIpc) is 2.43. The second kappa shape index (κ2) is 5.95. The molecule has 0 bridgehead atoms. The number of aromatic nitrogens is 1. The molecule has 8 heteroatoms. The van der Waals surface area contributed by atoms with Gasteiger partial charge in [0.1, 0.15) is 11.6 Å². The van der Waals surface area contributed by atoms with E-state index in [9.17, 15) is 14.9 Å². The summed E-state index contributed by atoms with van der Waals surface area (Å²) in [6, 6.07) is 7.31. The van der Waals surface area contributed by atoms with Gasteiger partial charge in [-0.2, -0.15) is 5.26 Å². The molecule has 106 valence electrons. The van der Waals surface area contributed by atoms with E-state index in [0.717, 1.165) is 16.8 Å². The number of nitro groups is 1.